The molecule has 0 radical (unpaired) electrons. The molecule has 8 aliphatic carbocycles. The van der Waals surface area contributed by atoms with Crippen molar-refractivity contribution >= 4 is 47.8 Å². The van der Waals surface area contributed by atoms with Crippen molar-refractivity contribution in [3.05, 3.63) is 117 Å². The molecule has 0 bridgehead atoms. The summed E-state index contributed by atoms with van der Waals surface area (Å²) < 4.78 is 59.4. The van der Waals surface area contributed by atoms with Gasteiger partial charge in [0.1, 0.15) is 60.1 Å². The summed E-state index contributed by atoms with van der Waals surface area (Å²) >= 11 is 0. The van der Waals surface area contributed by atoms with E-state index < -0.39 is 48.2 Å². The van der Waals surface area contributed by atoms with Crippen molar-refractivity contribution in [2.24, 2.45) is 76.9 Å². The standard InChI is InChI=1S/C25H36O8.C24H34O7.C24H34O6.C23H32O7/c1-3-18(33-25(29)15-31-10-9-30-2)7-8-19-20-11-16-5-4-6-23(32-14-24(27)28)21(16)12-17(20)13-22(19)26;1-4-17(31-24(28)14(2)29-3)8-9-18-19-10-15-6-5-7-22(30-13-23(26)27)20(15)11-16(19)12-21(18)25;1-4-17(30-24(28)14(2)3)8-9-18-19-10-15-6-5-7-22(29-13-23(26)27)20(15)11-16(19)12-21(18)25;1-3-16(30-23(28)13(2)24)7-8-17-18-9-14-5-4-6-21(29-12-22(26)27)19(14)10-15(18)11-20(17)25/h4-6,17-20,22,26H,3,7-15H2,1-2H3,(H,27,28);5-7,14,16-19,21,25H,4,8-13H2,1-3H3,(H,26,27);5-7,14,16-19,21,25H,4,8-13H2,1-3H3,(H,26,27);4-6,13,15-18,20,24-25H,3,7-12H2,1-2H3,(H,26,27)/t17-,18-,19+,20-,22+;14-,16+,17+,18-,19+,21-;16-,17-,18+,19-,21+;13-,15+,16+,17-,18+,20-/m0101/s1. The monoisotopic (exact) mass is 1740 g/mol. The second-order valence-electron chi connectivity index (χ2n) is 35.5. The number of aliphatic hydroxyl groups excluding tert-OH is 5. The Balaban J connectivity index is 0.000000187. The molecule has 28 heteroatoms. The van der Waals surface area contributed by atoms with Crippen molar-refractivity contribution in [3.63, 3.8) is 0 Å². The lowest BCUT2D eigenvalue weighted by Crippen LogP contribution is -2.30. The van der Waals surface area contributed by atoms with Crippen molar-refractivity contribution < 1.29 is 136 Å². The Hall–Kier alpha value is -8.48. The van der Waals surface area contributed by atoms with E-state index in [1.165, 1.54) is 30.7 Å². The molecule has 4 aromatic rings. The molecule has 8 aliphatic rings. The van der Waals surface area contributed by atoms with Gasteiger partial charge in [0.25, 0.3) is 0 Å². The van der Waals surface area contributed by atoms with Crippen LogP contribution < -0.4 is 18.9 Å². The van der Waals surface area contributed by atoms with E-state index in [4.69, 9.17) is 72.5 Å². The van der Waals surface area contributed by atoms with Crippen LogP contribution in [0.5, 0.6) is 23.0 Å². The minimum absolute atomic E-state index is 0.0837. The molecule has 124 heavy (non-hydrogen) atoms. The number of fused-ring (bicyclic) bond motifs is 8. The maximum Gasteiger partial charge on any atom is 0.341 e. The molecule has 12 rings (SSSR count). The van der Waals surface area contributed by atoms with Gasteiger partial charge in [-0.2, -0.15) is 0 Å². The quantitative estimate of drug-likeness (QED) is 0.0113. The zero-order valence-electron chi connectivity index (χ0n) is 73.9. The van der Waals surface area contributed by atoms with Gasteiger partial charge in [0.2, 0.25) is 0 Å². The van der Waals surface area contributed by atoms with E-state index in [9.17, 15) is 63.9 Å². The molecule has 22 atom stereocenters. The first-order valence-corrected chi connectivity index (χ1v) is 45.0. The van der Waals surface area contributed by atoms with Gasteiger partial charge in [0.15, 0.2) is 32.5 Å². The first kappa shape index (κ1) is 99.3. The molecule has 0 aliphatic heterocycles. The smallest absolute Gasteiger partial charge is 0.341 e. The number of benzene rings is 4. The lowest BCUT2D eigenvalue weighted by molar-refractivity contribution is -0.161. The highest BCUT2D eigenvalue weighted by molar-refractivity contribution is 5.75. The van der Waals surface area contributed by atoms with E-state index in [1.807, 2.05) is 90.1 Å². The molecular weight excluding hydrogens is 1600 g/mol. The molecule has 4 aromatic carbocycles. The van der Waals surface area contributed by atoms with E-state index in [1.54, 1.807) is 14.0 Å². The highest BCUT2D eigenvalue weighted by Gasteiger charge is 2.50. The van der Waals surface area contributed by atoms with Crippen molar-refractivity contribution in [1.82, 2.24) is 0 Å². The van der Waals surface area contributed by atoms with Crippen molar-refractivity contribution in [1.29, 1.82) is 0 Å². The third-order valence-electron chi connectivity index (χ3n) is 27.2. The average molecular weight is 1740 g/mol. The lowest BCUT2D eigenvalue weighted by Gasteiger charge is -2.32. The van der Waals surface area contributed by atoms with Gasteiger partial charge in [-0.15, -0.1) is 0 Å². The molecule has 0 spiro atoms. The van der Waals surface area contributed by atoms with E-state index >= 15 is 0 Å². The predicted octanol–water partition coefficient (Wildman–Crippen LogP) is 11.6. The normalized spacial score (nSPS) is 26.0. The summed E-state index contributed by atoms with van der Waals surface area (Å²) in [6, 6.07) is 23.2. The maximum atomic E-state index is 12.1. The van der Waals surface area contributed by atoms with Crippen LogP contribution in [0.15, 0.2) is 72.8 Å². The van der Waals surface area contributed by atoms with Crippen LogP contribution >= 0.6 is 0 Å². The number of hydrogen-bond acceptors (Lipinski definition) is 24. The van der Waals surface area contributed by atoms with Crippen LogP contribution in [0.1, 0.15) is 203 Å². The van der Waals surface area contributed by atoms with E-state index in [-0.39, 0.29) is 123 Å². The Kier molecular flexibility index (Phi) is 38.8. The number of esters is 4. The third-order valence-corrected chi connectivity index (χ3v) is 27.2. The topological polar surface area (TPSA) is 420 Å². The Morgan fingerprint density at radius 2 is 0.653 bits per heavy atom. The van der Waals surface area contributed by atoms with Crippen LogP contribution in [0, 0.1) is 76.9 Å². The summed E-state index contributed by atoms with van der Waals surface area (Å²) in [5, 5.41) is 88.2. The van der Waals surface area contributed by atoms with Gasteiger partial charge in [-0.1, -0.05) is 90.1 Å². The van der Waals surface area contributed by atoms with Crippen LogP contribution in [0.3, 0.4) is 0 Å². The number of methoxy groups -OCH3 is 2. The fourth-order valence-corrected chi connectivity index (χ4v) is 20.7. The van der Waals surface area contributed by atoms with E-state index in [0.717, 1.165) is 150 Å². The Morgan fingerprint density at radius 1 is 0.371 bits per heavy atom. The summed E-state index contributed by atoms with van der Waals surface area (Å²) in [6.07, 6.45) is 14.5. The van der Waals surface area contributed by atoms with Gasteiger partial charge in [-0.3, -0.25) is 4.79 Å². The molecule has 0 amide bonds. The highest BCUT2D eigenvalue weighted by Crippen LogP contribution is 2.53. The maximum absolute atomic E-state index is 12.1. The molecule has 28 nitrogen and oxygen atoms in total. The zero-order valence-corrected chi connectivity index (χ0v) is 73.9. The van der Waals surface area contributed by atoms with Gasteiger partial charge in [0.05, 0.1) is 43.5 Å². The summed E-state index contributed by atoms with van der Waals surface area (Å²) in [4.78, 5) is 91.3. The van der Waals surface area contributed by atoms with Gasteiger partial charge in [-0.25, -0.2) is 33.6 Å². The van der Waals surface area contributed by atoms with Crippen LogP contribution in [0.4, 0.5) is 0 Å². The molecule has 9 N–H and O–H groups in total. The highest BCUT2D eigenvalue weighted by atomic mass is 16.6. The second-order valence-corrected chi connectivity index (χ2v) is 35.5. The number of rotatable bonds is 41. The van der Waals surface area contributed by atoms with Crippen molar-refractivity contribution in [3.8, 4) is 23.0 Å². The zero-order chi connectivity index (χ0) is 90.0. The summed E-state index contributed by atoms with van der Waals surface area (Å²) in [5.74, 6) is 0.425. The number of carboxylic acid groups (broad SMARTS) is 4. The van der Waals surface area contributed by atoms with Gasteiger partial charge in [0, 0.05) is 14.2 Å². The van der Waals surface area contributed by atoms with E-state index in [0.29, 0.717) is 116 Å². The number of carboxylic acids is 4. The number of aliphatic hydroxyl groups is 5. The molecule has 0 saturated heterocycles. The number of carbonyl (C=O) groups excluding carboxylic acids is 4. The molecule has 4 saturated carbocycles. The SMILES string of the molecule is CC[C@@H](CC[C@@H]1[C@H]2Cc3cccc(OCC(=O)O)c3C[C@H]2C[C@H]1O)OC(=O)C(C)C.CC[C@@H](CC[C@@H]1[C@H]2Cc3cccc(OCC(=O)O)c3C[C@H]2C[C@H]1O)OC(=O)COCCOC.CC[C@@H](CC[C@@H]1[C@H]2Cc3cccc(OCC(=O)O)c3C[C@H]2C[C@H]1O)OC(=O)[C@@H](C)O.CC[C@@H](CC[C@@H]1[C@H]2Cc3cccc(OCC(=O)O)c3C[C@H]2C[C@H]1O)OC(=O)[C@@H](C)OC. The number of hydrogen-bond donors (Lipinski definition) is 9. The first-order valence-electron chi connectivity index (χ1n) is 45.0. The minimum Gasteiger partial charge on any atom is -0.482 e. The molecule has 4 fully saturated rings. The van der Waals surface area contributed by atoms with E-state index in [2.05, 4.69) is 24.3 Å². The summed E-state index contributed by atoms with van der Waals surface area (Å²) in [7, 11) is 3.06. The third kappa shape index (κ3) is 27.8. The van der Waals surface area contributed by atoms with Crippen molar-refractivity contribution in [2.75, 3.05) is 60.5 Å². The second kappa shape index (κ2) is 48.5. The van der Waals surface area contributed by atoms with Gasteiger partial charge >= 0.3 is 47.8 Å². The van der Waals surface area contributed by atoms with Crippen molar-refractivity contribution in [2.45, 2.75) is 271 Å². The molecular formula is C96H136O28. The average Bonchev–Trinajstić information content (AvgIpc) is 1.63. The van der Waals surface area contributed by atoms with Crippen LogP contribution in [0.2, 0.25) is 0 Å². The Bertz CT molecular complexity index is 3990. The number of aliphatic carboxylic acids is 4. The Labute approximate surface area is 729 Å². The minimum atomic E-state index is -1.13. The lowest BCUT2D eigenvalue weighted by atomic mass is 9.73. The number of carbonyl (C=O) groups is 8. The van der Waals surface area contributed by atoms with Crippen LogP contribution in [0.25, 0.3) is 0 Å². The largest absolute Gasteiger partial charge is 0.482 e. The van der Waals surface area contributed by atoms with Gasteiger partial charge < -0.3 is 98.1 Å². The predicted molar refractivity (Wildman–Crippen MR) is 456 cm³/mol. The molecule has 688 valence electrons. The fraction of sp³-hybridized carbons (Fsp3) is 0.667. The van der Waals surface area contributed by atoms with Gasteiger partial charge in [-0.05, 0) is 308 Å². The van der Waals surface area contributed by atoms with Crippen LogP contribution in [-0.2, 0) is 123 Å². The first-order chi connectivity index (χ1) is 59.3. The van der Waals surface area contributed by atoms with Crippen LogP contribution in [-0.4, -0.2) is 215 Å². The fourth-order valence-electron chi connectivity index (χ4n) is 20.7. The molecule has 0 heterocycles. The molecule has 0 aromatic heterocycles. The summed E-state index contributed by atoms with van der Waals surface area (Å²) in [5.41, 5.74) is 8.99. The summed E-state index contributed by atoms with van der Waals surface area (Å²) in [6.45, 7) is 14.0. The number of ether oxygens (including phenoxy) is 11. The Morgan fingerprint density at radius 3 is 0.911 bits per heavy atom. The molecule has 0 unspecified atom stereocenters.